The van der Waals surface area contributed by atoms with Gasteiger partial charge in [0.1, 0.15) is 5.82 Å². The number of rotatable bonds is 2. The van der Waals surface area contributed by atoms with E-state index in [-0.39, 0.29) is 30.6 Å². The lowest BCUT2D eigenvalue weighted by Gasteiger charge is -2.00. The molecule has 0 aromatic heterocycles. The van der Waals surface area contributed by atoms with E-state index in [4.69, 9.17) is 5.84 Å². The van der Waals surface area contributed by atoms with Crippen LogP contribution in [0.25, 0.3) is 0 Å². The van der Waals surface area contributed by atoms with Crippen molar-refractivity contribution < 1.29 is 4.39 Å². The lowest BCUT2D eigenvalue weighted by atomic mass is 10.1. The Morgan fingerprint density at radius 3 is 2.46 bits per heavy atom. The van der Waals surface area contributed by atoms with Crippen LogP contribution in [0.1, 0.15) is 11.1 Å². The summed E-state index contributed by atoms with van der Waals surface area (Å²) in [4.78, 5) is 0. The van der Waals surface area contributed by atoms with Crippen molar-refractivity contribution in [1.82, 2.24) is 5.43 Å². The van der Waals surface area contributed by atoms with Gasteiger partial charge in [-0.2, -0.15) is 0 Å². The lowest BCUT2D eigenvalue weighted by molar-refractivity contribution is 0.613. The van der Waals surface area contributed by atoms with Gasteiger partial charge in [0.2, 0.25) is 0 Å². The van der Waals surface area contributed by atoms with Gasteiger partial charge in [-0.1, -0.05) is 12.1 Å². The van der Waals surface area contributed by atoms with Crippen molar-refractivity contribution in [3.8, 4) is 0 Å². The lowest BCUT2D eigenvalue weighted by Crippen LogP contribution is -2.20. The number of hydrogen-bond donors (Lipinski definition) is 2. The summed E-state index contributed by atoms with van der Waals surface area (Å²) in [5.41, 5.74) is 3.98. The summed E-state index contributed by atoms with van der Waals surface area (Å²) in [6.07, 6.45) is 0. The van der Waals surface area contributed by atoms with Gasteiger partial charge in [-0.25, -0.2) is 4.39 Å². The second-order valence-electron chi connectivity index (χ2n) is 2.46. The number of nitrogens with two attached hydrogens (primary N) is 1. The highest BCUT2D eigenvalue weighted by Gasteiger charge is 1.97. The fourth-order valence-corrected chi connectivity index (χ4v) is 0.864. The van der Waals surface area contributed by atoms with Crippen LogP contribution in [0.2, 0.25) is 0 Å². The third kappa shape index (κ3) is 4.43. The molecule has 5 heteroatoms. The van der Waals surface area contributed by atoms with Crippen LogP contribution in [0, 0.1) is 12.7 Å². The van der Waals surface area contributed by atoms with Crippen molar-refractivity contribution in [2.75, 3.05) is 0 Å². The van der Waals surface area contributed by atoms with Gasteiger partial charge < -0.3 is 0 Å². The molecule has 0 heterocycles. The molecular weight excluding hydrogens is 214 g/mol. The first-order valence-electron chi connectivity index (χ1n) is 3.42. The van der Waals surface area contributed by atoms with E-state index < -0.39 is 0 Å². The van der Waals surface area contributed by atoms with Crippen LogP contribution in [-0.4, -0.2) is 0 Å². The Morgan fingerprint density at radius 2 is 2.00 bits per heavy atom. The van der Waals surface area contributed by atoms with E-state index in [0.29, 0.717) is 12.1 Å². The second-order valence-corrected chi connectivity index (χ2v) is 2.46. The fraction of sp³-hybridized carbons (Fsp3) is 0.250. The minimum atomic E-state index is -0.183. The number of hydrogen-bond acceptors (Lipinski definition) is 2. The number of hydrazine groups is 1. The summed E-state index contributed by atoms with van der Waals surface area (Å²) in [6.45, 7) is 2.23. The van der Waals surface area contributed by atoms with Crippen LogP contribution in [0.5, 0.6) is 0 Å². The van der Waals surface area contributed by atoms with Crippen LogP contribution in [0.3, 0.4) is 0 Å². The van der Waals surface area contributed by atoms with Crippen LogP contribution in [-0.2, 0) is 6.54 Å². The summed E-state index contributed by atoms with van der Waals surface area (Å²) in [5, 5.41) is 0. The average molecular weight is 227 g/mol. The van der Waals surface area contributed by atoms with Crippen molar-refractivity contribution in [2.24, 2.45) is 5.84 Å². The van der Waals surface area contributed by atoms with Gasteiger partial charge in [-0.15, -0.1) is 24.8 Å². The van der Waals surface area contributed by atoms with Crippen molar-refractivity contribution in [3.63, 3.8) is 0 Å². The van der Waals surface area contributed by atoms with Gasteiger partial charge >= 0.3 is 0 Å². The minimum absolute atomic E-state index is 0. The third-order valence-electron chi connectivity index (χ3n) is 1.54. The molecule has 0 saturated carbocycles. The summed E-state index contributed by atoms with van der Waals surface area (Å²) in [6, 6.07) is 5.06. The third-order valence-corrected chi connectivity index (χ3v) is 1.54. The molecule has 0 aliphatic rings. The Labute approximate surface area is 89.5 Å². The van der Waals surface area contributed by atoms with Crippen molar-refractivity contribution in [3.05, 3.63) is 35.1 Å². The van der Waals surface area contributed by atoms with Crippen molar-refractivity contribution in [1.29, 1.82) is 0 Å². The van der Waals surface area contributed by atoms with E-state index >= 15 is 0 Å². The van der Waals surface area contributed by atoms with Crippen LogP contribution in [0.15, 0.2) is 18.2 Å². The topological polar surface area (TPSA) is 38.0 Å². The molecule has 0 atom stereocenters. The molecule has 76 valence electrons. The summed E-state index contributed by atoms with van der Waals surface area (Å²) in [7, 11) is 0. The largest absolute Gasteiger partial charge is 0.271 e. The Kier molecular flexibility index (Phi) is 8.26. The first-order chi connectivity index (χ1) is 5.24. The molecule has 0 aliphatic carbocycles. The van der Waals surface area contributed by atoms with Crippen LogP contribution < -0.4 is 11.3 Å². The molecule has 13 heavy (non-hydrogen) atoms. The maximum Gasteiger partial charge on any atom is 0.126 e. The van der Waals surface area contributed by atoms with Crippen LogP contribution in [0.4, 0.5) is 4.39 Å². The zero-order chi connectivity index (χ0) is 8.27. The zero-order valence-electron chi connectivity index (χ0n) is 7.21. The molecule has 0 saturated heterocycles. The SMILES string of the molecule is Cc1ccc(CNN)cc1F.Cl.Cl. The molecule has 3 N–H and O–H groups in total. The molecule has 2 nitrogen and oxygen atoms in total. The highest BCUT2D eigenvalue weighted by Crippen LogP contribution is 2.08. The van der Waals surface area contributed by atoms with Crippen molar-refractivity contribution in [2.45, 2.75) is 13.5 Å². The Bertz CT molecular complexity index is 256. The first-order valence-corrected chi connectivity index (χ1v) is 3.42. The van der Waals surface area contributed by atoms with Gasteiger partial charge in [-0.3, -0.25) is 11.3 Å². The minimum Gasteiger partial charge on any atom is -0.271 e. The number of benzene rings is 1. The standard InChI is InChI=1S/C8H11FN2.2ClH/c1-6-2-3-7(5-11-10)4-8(6)9;;/h2-4,11H,5,10H2,1H3;2*1H. The Balaban J connectivity index is 0. The van der Waals surface area contributed by atoms with E-state index in [1.165, 1.54) is 6.07 Å². The van der Waals surface area contributed by atoms with Gasteiger partial charge in [0.05, 0.1) is 0 Å². The summed E-state index contributed by atoms with van der Waals surface area (Å²) in [5.74, 6) is 4.89. The van der Waals surface area contributed by atoms with Gasteiger partial charge in [0.25, 0.3) is 0 Å². The van der Waals surface area contributed by atoms with E-state index in [1.54, 1.807) is 13.0 Å². The molecule has 0 fully saturated rings. The summed E-state index contributed by atoms with van der Waals surface area (Å²) < 4.78 is 12.8. The quantitative estimate of drug-likeness (QED) is 0.598. The molecule has 0 amide bonds. The monoisotopic (exact) mass is 226 g/mol. The Morgan fingerprint density at radius 1 is 1.38 bits per heavy atom. The molecule has 0 radical (unpaired) electrons. The molecule has 1 rings (SSSR count). The van der Waals surface area contributed by atoms with Crippen LogP contribution >= 0.6 is 24.8 Å². The average Bonchev–Trinajstić information content (AvgIpc) is 1.98. The Hall–Kier alpha value is -0.350. The summed E-state index contributed by atoms with van der Waals surface area (Å²) >= 11 is 0. The molecule has 0 aliphatic heterocycles. The highest BCUT2D eigenvalue weighted by molar-refractivity contribution is 5.85. The molecule has 0 bridgehead atoms. The molecular formula is C8H13Cl2FN2. The predicted octanol–water partition coefficient (Wildman–Crippen LogP) is 1.94. The van der Waals surface area contributed by atoms with Gasteiger partial charge in [0.15, 0.2) is 0 Å². The zero-order valence-corrected chi connectivity index (χ0v) is 8.84. The van der Waals surface area contributed by atoms with E-state index in [9.17, 15) is 4.39 Å². The predicted molar refractivity (Wildman–Crippen MR) is 56.7 cm³/mol. The molecule has 1 aromatic rings. The normalized spacial score (nSPS) is 8.54. The van der Waals surface area contributed by atoms with Crippen molar-refractivity contribution >= 4 is 24.8 Å². The fourth-order valence-electron chi connectivity index (χ4n) is 0.864. The number of aryl methyl sites for hydroxylation is 1. The van der Waals surface area contributed by atoms with Gasteiger partial charge in [-0.05, 0) is 24.1 Å². The number of nitrogens with one attached hydrogen (secondary N) is 1. The smallest absolute Gasteiger partial charge is 0.126 e. The highest BCUT2D eigenvalue weighted by atomic mass is 35.5. The maximum absolute atomic E-state index is 12.8. The first kappa shape index (κ1) is 15.1. The number of halogens is 3. The van der Waals surface area contributed by atoms with Gasteiger partial charge in [0, 0.05) is 6.54 Å². The second kappa shape index (κ2) is 7.09. The maximum atomic E-state index is 12.8. The molecule has 0 unspecified atom stereocenters. The molecule has 1 aromatic carbocycles. The van der Waals surface area contributed by atoms with E-state index in [1.807, 2.05) is 6.07 Å². The van der Waals surface area contributed by atoms with E-state index in [2.05, 4.69) is 5.43 Å². The molecule has 0 spiro atoms. The van der Waals surface area contributed by atoms with E-state index in [0.717, 1.165) is 5.56 Å².